The monoisotopic (exact) mass is 353 g/mol. The second kappa shape index (κ2) is 7.51. The van der Waals surface area contributed by atoms with Gasteiger partial charge in [0.15, 0.2) is 0 Å². The fourth-order valence-corrected chi connectivity index (χ4v) is 2.97. The van der Waals surface area contributed by atoms with Gasteiger partial charge in [0.25, 0.3) is 5.56 Å². The number of aromatic nitrogens is 4. The van der Waals surface area contributed by atoms with Crippen molar-refractivity contribution >= 4 is 16.9 Å². The van der Waals surface area contributed by atoms with Crippen LogP contribution >= 0.6 is 0 Å². The van der Waals surface area contributed by atoms with Gasteiger partial charge in [-0.05, 0) is 32.9 Å². The Morgan fingerprint density at radius 3 is 2.69 bits per heavy atom. The van der Waals surface area contributed by atoms with E-state index in [2.05, 4.69) is 10.1 Å². The first-order valence-electron chi connectivity index (χ1n) is 8.78. The highest BCUT2D eigenvalue weighted by Crippen LogP contribution is 2.11. The molecule has 7 heteroatoms. The van der Waals surface area contributed by atoms with Crippen molar-refractivity contribution in [3.8, 4) is 0 Å². The molecule has 0 saturated heterocycles. The van der Waals surface area contributed by atoms with Crippen LogP contribution in [0.25, 0.3) is 11.0 Å². The molecule has 3 aromatic rings. The first-order chi connectivity index (χ1) is 12.5. The molecule has 0 radical (unpaired) electrons. The van der Waals surface area contributed by atoms with Gasteiger partial charge in [0.1, 0.15) is 12.2 Å². The number of amides is 1. The number of rotatable bonds is 6. The summed E-state index contributed by atoms with van der Waals surface area (Å²) in [6.45, 7) is 7.45. The summed E-state index contributed by atoms with van der Waals surface area (Å²) in [5, 5.41) is 4.25. The van der Waals surface area contributed by atoms with Crippen molar-refractivity contribution in [2.45, 2.75) is 40.4 Å². The number of likely N-dealkylation sites (N-methyl/N-ethyl adjacent to an activating group) is 1. The lowest BCUT2D eigenvalue weighted by molar-refractivity contribution is -0.132. The zero-order valence-corrected chi connectivity index (χ0v) is 15.3. The number of benzene rings is 1. The van der Waals surface area contributed by atoms with Crippen LogP contribution < -0.4 is 5.56 Å². The van der Waals surface area contributed by atoms with E-state index in [0.29, 0.717) is 29.8 Å². The fourth-order valence-electron chi connectivity index (χ4n) is 2.97. The van der Waals surface area contributed by atoms with Gasteiger partial charge in [-0.25, -0.2) is 4.98 Å². The van der Waals surface area contributed by atoms with Crippen LogP contribution in [0.2, 0.25) is 0 Å². The summed E-state index contributed by atoms with van der Waals surface area (Å²) >= 11 is 0. The molecule has 0 saturated carbocycles. The van der Waals surface area contributed by atoms with Gasteiger partial charge < -0.3 is 4.90 Å². The van der Waals surface area contributed by atoms with Crippen LogP contribution in [0, 0.1) is 6.92 Å². The first-order valence-corrected chi connectivity index (χ1v) is 8.78. The lowest BCUT2D eigenvalue weighted by atomic mass is 10.2. The Morgan fingerprint density at radius 1 is 1.23 bits per heavy atom. The molecule has 0 aliphatic carbocycles. The molecular weight excluding hydrogens is 330 g/mol. The van der Waals surface area contributed by atoms with E-state index in [4.69, 9.17) is 0 Å². The van der Waals surface area contributed by atoms with Crippen LogP contribution in [0.4, 0.5) is 0 Å². The third kappa shape index (κ3) is 3.51. The summed E-state index contributed by atoms with van der Waals surface area (Å²) in [6, 6.07) is 7.38. The predicted molar refractivity (Wildman–Crippen MR) is 99.7 cm³/mol. The number of nitrogens with zero attached hydrogens (tertiary/aromatic N) is 5. The van der Waals surface area contributed by atoms with Crippen molar-refractivity contribution in [2.75, 3.05) is 6.54 Å². The molecule has 136 valence electrons. The molecule has 0 unspecified atom stereocenters. The maximum absolute atomic E-state index is 12.9. The maximum Gasteiger partial charge on any atom is 0.272 e. The largest absolute Gasteiger partial charge is 0.337 e. The minimum absolute atomic E-state index is 0.00153. The van der Waals surface area contributed by atoms with Gasteiger partial charge in [0.2, 0.25) is 5.91 Å². The van der Waals surface area contributed by atoms with Gasteiger partial charge in [-0.2, -0.15) is 5.10 Å². The molecule has 0 aliphatic heterocycles. The normalized spacial score (nSPS) is 11.0. The molecule has 2 heterocycles. The van der Waals surface area contributed by atoms with E-state index in [1.54, 1.807) is 18.0 Å². The van der Waals surface area contributed by atoms with Crippen LogP contribution in [0.15, 0.2) is 41.5 Å². The number of hydrogen-bond donors (Lipinski definition) is 0. The molecular formula is C19H23N5O2. The second-order valence-corrected chi connectivity index (χ2v) is 6.19. The average Bonchev–Trinajstić information content (AvgIpc) is 3.11. The van der Waals surface area contributed by atoms with E-state index >= 15 is 0 Å². The van der Waals surface area contributed by atoms with Gasteiger partial charge in [0.05, 0.1) is 17.2 Å². The highest BCUT2D eigenvalue weighted by molar-refractivity contribution is 5.80. The molecule has 0 fully saturated rings. The molecule has 0 atom stereocenters. The van der Waals surface area contributed by atoms with Crippen molar-refractivity contribution in [1.29, 1.82) is 0 Å². The highest BCUT2D eigenvalue weighted by Gasteiger charge is 2.17. The van der Waals surface area contributed by atoms with E-state index in [9.17, 15) is 9.59 Å². The summed E-state index contributed by atoms with van der Waals surface area (Å²) in [6.07, 6.45) is 3.71. The third-order valence-corrected chi connectivity index (χ3v) is 4.43. The smallest absolute Gasteiger partial charge is 0.272 e. The van der Waals surface area contributed by atoms with Crippen LogP contribution in [0.1, 0.15) is 25.1 Å². The molecule has 0 bridgehead atoms. The van der Waals surface area contributed by atoms with Crippen molar-refractivity contribution in [2.24, 2.45) is 0 Å². The first kappa shape index (κ1) is 17.8. The summed E-state index contributed by atoms with van der Waals surface area (Å²) in [7, 11) is 0. The van der Waals surface area contributed by atoms with Gasteiger partial charge in [-0.1, -0.05) is 12.1 Å². The Hall–Kier alpha value is -2.96. The number of hydrogen-bond acceptors (Lipinski definition) is 4. The number of carbonyl (C=O) groups is 1. The average molecular weight is 353 g/mol. The molecule has 26 heavy (non-hydrogen) atoms. The van der Waals surface area contributed by atoms with Crippen molar-refractivity contribution < 1.29 is 4.79 Å². The molecule has 7 nitrogen and oxygen atoms in total. The van der Waals surface area contributed by atoms with Gasteiger partial charge in [-0.3, -0.25) is 18.8 Å². The van der Waals surface area contributed by atoms with Gasteiger partial charge >= 0.3 is 0 Å². The zero-order chi connectivity index (χ0) is 18.7. The number of carbonyl (C=O) groups excluding carboxylic acids is 1. The molecule has 0 N–H and O–H groups in total. The Balaban J connectivity index is 1.87. The minimum Gasteiger partial charge on any atom is -0.337 e. The van der Waals surface area contributed by atoms with Crippen molar-refractivity contribution in [3.63, 3.8) is 0 Å². The number of aryl methyl sites for hydroxylation is 2. The Kier molecular flexibility index (Phi) is 5.16. The molecule has 1 aromatic carbocycles. The molecule has 0 aliphatic rings. The van der Waals surface area contributed by atoms with E-state index in [1.165, 1.54) is 4.57 Å². The SMILES string of the molecule is CCN(Cc1cnn(CC)c1)C(=O)Cn1c(=O)c(C)nc2ccccc21. The van der Waals surface area contributed by atoms with E-state index in [0.717, 1.165) is 12.1 Å². The lowest BCUT2D eigenvalue weighted by Gasteiger charge is -2.21. The molecule has 3 rings (SSSR count). The Labute approximate surface area is 151 Å². The zero-order valence-electron chi connectivity index (χ0n) is 15.3. The minimum atomic E-state index is -0.230. The van der Waals surface area contributed by atoms with Crippen LogP contribution in [0.5, 0.6) is 0 Å². The predicted octanol–water partition coefficient (Wildman–Crippen LogP) is 1.97. The van der Waals surface area contributed by atoms with E-state index in [-0.39, 0.29) is 18.0 Å². The van der Waals surface area contributed by atoms with Crippen molar-refractivity contribution in [3.05, 3.63) is 58.3 Å². The maximum atomic E-state index is 12.9. The second-order valence-electron chi connectivity index (χ2n) is 6.19. The molecule has 1 amide bonds. The van der Waals surface area contributed by atoms with Gasteiger partial charge in [0, 0.05) is 31.4 Å². The van der Waals surface area contributed by atoms with Crippen LogP contribution in [-0.4, -0.2) is 36.7 Å². The summed E-state index contributed by atoms with van der Waals surface area (Å²) in [4.78, 5) is 31.4. The number of para-hydroxylation sites is 2. The fraction of sp³-hybridized carbons (Fsp3) is 0.368. The van der Waals surface area contributed by atoms with E-state index < -0.39 is 0 Å². The summed E-state index contributed by atoms with van der Waals surface area (Å²) in [5.41, 5.74) is 2.52. The van der Waals surface area contributed by atoms with Crippen molar-refractivity contribution in [1.82, 2.24) is 24.2 Å². The summed E-state index contributed by atoms with van der Waals surface area (Å²) in [5.74, 6) is -0.102. The highest BCUT2D eigenvalue weighted by atomic mass is 16.2. The third-order valence-electron chi connectivity index (χ3n) is 4.43. The lowest BCUT2D eigenvalue weighted by Crippen LogP contribution is -2.36. The number of fused-ring (bicyclic) bond motifs is 1. The van der Waals surface area contributed by atoms with Gasteiger partial charge in [-0.15, -0.1) is 0 Å². The molecule has 0 spiro atoms. The quantitative estimate of drug-likeness (QED) is 0.679. The topological polar surface area (TPSA) is 73.0 Å². The van der Waals surface area contributed by atoms with Crippen LogP contribution in [-0.2, 0) is 24.4 Å². The van der Waals surface area contributed by atoms with E-state index in [1.807, 2.05) is 49.0 Å². The molecule has 2 aromatic heterocycles. The standard InChI is InChI=1S/C19H23N5O2/c1-4-22(11-15-10-20-23(5-2)12-15)18(25)13-24-17-9-7-6-8-16(17)21-14(3)19(24)26/h6-10,12H,4-5,11,13H2,1-3H3. The summed E-state index contributed by atoms with van der Waals surface area (Å²) < 4.78 is 3.34. The Bertz CT molecular complexity index is 989. The van der Waals surface area contributed by atoms with Crippen LogP contribution in [0.3, 0.4) is 0 Å². The Morgan fingerprint density at radius 2 is 2.00 bits per heavy atom.